The van der Waals surface area contributed by atoms with E-state index in [1.165, 1.54) is 18.4 Å². The van der Waals surface area contributed by atoms with Crippen LogP contribution >= 0.6 is 0 Å². The molecule has 3 rings (SSSR count). The maximum Gasteiger partial charge on any atom is 0.317 e. The summed E-state index contributed by atoms with van der Waals surface area (Å²) in [4.78, 5) is 29.9. The molecule has 0 unspecified atom stereocenters. The predicted octanol–water partition coefficient (Wildman–Crippen LogP) is 3.42. The van der Waals surface area contributed by atoms with Crippen molar-refractivity contribution < 1.29 is 9.59 Å². The number of nitrogens with one attached hydrogen (secondary N) is 2. The summed E-state index contributed by atoms with van der Waals surface area (Å²) in [5.41, 5.74) is 1.31. The molecule has 2 aliphatic rings. The molecule has 1 saturated heterocycles. The summed E-state index contributed by atoms with van der Waals surface area (Å²) >= 11 is 0. The largest absolute Gasteiger partial charge is 0.352 e. The van der Waals surface area contributed by atoms with E-state index in [0.717, 1.165) is 38.8 Å². The van der Waals surface area contributed by atoms with E-state index in [0.29, 0.717) is 19.0 Å². The van der Waals surface area contributed by atoms with Crippen LogP contribution in [0.1, 0.15) is 58.4 Å². The van der Waals surface area contributed by atoms with Crippen LogP contribution in [0.4, 0.5) is 4.79 Å². The molecule has 1 aromatic carbocycles. The topological polar surface area (TPSA) is 64.7 Å². The van der Waals surface area contributed by atoms with E-state index in [2.05, 4.69) is 46.7 Å². The summed E-state index contributed by atoms with van der Waals surface area (Å²) in [5.74, 6) is 0.602. The van der Waals surface area contributed by atoms with Gasteiger partial charge in [0.05, 0.1) is 6.04 Å². The van der Waals surface area contributed by atoms with E-state index in [4.69, 9.17) is 0 Å². The third-order valence-corrected chi connectivity index (χ3v) is 6.62. The highest BCUT2D eigenvalue weighted by molar-refractivity contribution is 5.82. The second-order valence-corrected chi connectivity index (χ2v) is 9.55. The molecule has 1 aromatic rings. The number of benzene rings is 1. The number of aryl methyl sites for hydroxylation is 1. The van der Waals surface area contributed by atoms with Crippen molar-refractivity contribution in [3.8, 4) is 0 Å². The van der Waals surface area contributed by atoms with Gasteiger partial charge in [-0.1, -0.05) is 43.2 Å². The molecule has 6 nitrogen and oxygen atoms in total. The van der Waals surface area contributed by atoms with Crippen LogP contribution in [-0.2, 0) is 11.2 Å². The number of piperazine rings is 1. The number of nitrogens with zero attached hydrogens (tertiary/aromatic N) is 2. The summed E-state index contributed by atoms with van der Waals surface area (Å²) in [6, 6.07) is 10.7. The van der Waals surface area contributed by atoms with Crippen LogP contribution in [0.3, 0.4) is 0 Å². The highest BCUT2D eigenvalue weighted by Gasteiger charge is 2.37. The normalized spacial score (nSPS) is 19.9. The van der Waals surface area contributed by atoms with E-state index >= 15 is 0 Å². The molecule has 0 aromatic heterocycles. The van der Waals surface area contributed by atoms with Crippen LogP contribution in [0.5, 0.6) is 0 Å². The second-order valence-electron chi connectivity index (χ2n) is 9.55. The fourth-order valence-electron chi connectivity index (χ4n) is 4.92. The minimum absolute atomic E-state index is 0.00560. The van der Waals surface area contributed by atoms with Crippen LogP contribution < -0.4 is 10.6 Å². The molecular weight excluding hydrogens is 388 g/mol. The average Bonchev–Trinajstić information content (AvgIpc) is 3.27. The minimum atomic E-state index is -0.0722. The van der Waals surface area contributed by atoms with Gasteiger partial charge in [-0.05, 0) is 57.9 Å². The van der Waals surface area contributed by atoms with Gasteiger partial charge in [0.15, 0.2) is 0 Å². The van der Waals surface area contributed by atoms with Gasteiger partial charge in [0, 0.05) is 38.3 Å². The lowest BCUT2D eigenvalue weighted by molar-refractivity contribution is -0.129. The van der Waals surface area contributed by atoms with Crippen LogP contribution in [0, 0.1) is 5.92 Å². The first-order chi connectivity index (χ1) is 14.9. The van der Waals surface area contributed by atoms with Crippen LogP contribution in [0.2, 0.25) is 0 Å². The van der Waals surface area contributed by atoms with E-state index in [-0.39, 0.29) is 30.1 Å². The number of carbonyl (C=O) groups excluding carboxylic acids is 2. The number of amides is 3. The molecule has 31 heavy (non-hydrogen) atoms. The lowest BCUT2D eigenvalue weighted by Gasteiger charge is -2.41. The third kappa shape index (κ3) is 6.96. The quantitative estimate of drug-likeness (QED) is 0.667. The van der Waals surface area contributed by atoms with Gasteiger partial charge in [0.25, 0.3) is 0 Å². The number of urea groups is 1. The first kappa shape index (κ1) is 23.6. The van der Waals surface area contributed by atoms with Crippen molar-refractivity contribution in [2.24, 2.45) is 5.92 Å². The van der Waals surface area contributed by atoms with Gasteiger partial charge < -0.3 is 15.5 Å². The molecule has 1 heterocycles. The summed E-state index contributed by atoms with van der Waals surface area (Å²) in [7, 11) is 0. The first-order valence-corrected chi connectivity index (χ1v) is 12.1. The third-order valence-electron chi connectivity index (χ3n) is 6.62. The molecule has 2 atom stereocenters. The van der Waals surface area contributed by atoms with Gasteiger partial charge in [0.2, 0.25) is 5.91 Å². The summed E-state index contributed by atoms with van der Waals surface area (Å²) in [6.07, 6.45) is 6.61. The van der Waals surface area contributed by atoms with Crippen LogP contribution in [0.25, 0.3) is 0 Å². The molecule has 172 valence electrons. The van der Waals surface area contributed by atoms with Crippen molar-refractivity contribution in [3.05, 3.63) is 35.9 Å². The monoisotopic (exact) mass is 428 g/mol. The maximum atomic E-state index is 13.4. The average molecular weight is 429 g/mol. The predicted molar refractivity (Wildman–Crippen MR) is 125 cm³/mol. The molecule has 0 spiro atoms. The summed E-state index contributed by atoms with van der Waals surface area (Å²) < 4.78 is 0. The zero-order valence-corrected chi connectivity index (χ0v) is 19.5. The number of rotatable bonds is 8. The Morgan fingerprint density at radius 3 is 2.23 bits per heavy atom. The lowest BCUT2D eigenvalue weighted by Crippen LogP contribution is -2.59. The summed E-state index contributed by atoms with van der Waals surface area (Å²) in [5, 5.41) is 6.29. The van der Waals surface area contributed by atoms with E-state index in [9.17, 15) is 9.59 Å². The number of hydrogen-bond acceptors (Lipinski definition) is 3. The lowest BCUT2D eigenvalue weighted by atomic mass is 9.94. The standard InChI is InChI=1S/C25H40N4O2/c1-19(2)26-25(31)29-17-15-28(16-18-29)23(22-11-7-8-12-22)24(30)27-20(3)13-14-21-9-5-4-6-10-21/h4-6,9-10,19-20,22-23H,7-8,11-18H2,1-3H3,(H,26,31)(H,27,30)/t20-,23-/m0/s1. The Hall–Kier alpha value is -2.08. The van der Waals surface area contributed by atoms with E-state index < -0.39 is 0 Å². The van der Waals surface area contributed by atoms with Gasteiger partial charge in [0.1, 0.15) is 0 Å². The van der Waals surface area contributed by atoms with Gasteiger partial charge in [-0.15, -0.1) is 0 Å². The molecule has 0 radical (unpaired) electrons. The molecule has 1 aliphatic heterocycles. The van der Waals surface area contributed by atoms with Crippen molar-refractivity contribution in [3.63, 3.8) is 0 Å². The maximum absolute atomic E-state index is 13.4. The zero-order valence-electron chi connectivity index (χ0n) is 19.5. The van der Waals surface area contributed by atoms with Crippen LogP contribution in [-0.4, -0.2) is 66.0 Å². The van der Waals surface area contributed by atoms with E-state index in [1.54, 1.807) is 0 Å². The Labute approximate surface area is 187 Å². The summed E-state index contributed by atoms with van der Waals surface area (Å²) in [6.45, 7) is 8.95. The fourth-order valence-corrected chi connectivity index (χ4v) is 4.92. The Kier molecular flexibility index (Phi) is 8.76. The number of hydrogen-bond donors (Lipinski definition) is 2. The minimum Gasteiger partial charge on any atom is -0.352 e. The second kappa shape index (κ2) is 11.5. The Morgan fingerprint density at radius 1 is 0.968 bits per heavy atom. The molecule has 3 amide bonds. The van der Waals surface area contributed by atoms with Gasteiger partial charge in [-0.25, -0.2) is 4.79 Å². The van der Waals surface area contributed by atoms with Crippen molar-refractivity contribution >= 4 is 11.9 Å². The first-order valence-electron chi connectivity index (χ1n) is 12.1. The van der Waals surface area contributed by atoms with E-state index in [1.807, 2.05) is 24.8 Å². The highest BCUT2D eigenvalue weighted by atomic mass is 16.2. The van der Waals surface area contributed by atoms with Crippen molar-refractivity contribution in [2.75, 3.05) is 26.2 Å². The molecule has 2 N–H and O–H groups in total. The highest BCUT2D eigenvalue weighted by Crippen LogP contribution is 2.31. The van der Waals surface area contributed by atoms with Crippen LogP contribution in [0.15, 0.2) is 30.3 Å². The SMILES string of the molecule is CC(C)NC(=O)N1CCN([C@H](C(=O)N[C@@H](C)CCc2ccccc2)C2CCCC2)CC1. The molecule has 1 saturated carbocycles. The Morgan fingerprint density at radius 2 is 1.61 bits per heavy atom. The number of carbonyl (C=O) groups is 2. The molecule has 2 fully saturated rings. The Balaban J connectivity index is 1.55. The molecule has 6 heteroatoms. The molecule has 0 bridgehead atoms. The van der Waals surface area contributed by atoms with Gasteiger partial charge >= 0.3 is 6.03 Å². The van der Waals surface area contributed by atoms with Gasteiger partial charge in [-0.3, -0.25) is 9.69 Å². The molecule has 1 aliphatic carbocycles. The van der Waals surface area contributed by atoms with Crippen molar-refractivity contribution in [1.82, 2.24) is 20.4 Å². The van der Waals surface area contributed by atoms with Crippen molar-refractivity contribution in [1.29, 1.82) is 0 Å². The Bertz CT molecular complexity index is 695. The smallest absolute Gasteiger partial charge is 0.317 e. The van der Waals surface area contributed by atoms with Gasteiger partial charge in [-0.2, -0.15) is 0 Å². The van der Waals surface area contributed by atoms with Crippen molar-refractivity contribution in [2.45, 2.75) is 77.4 Å². The zero-order chi connectivity index (χ0) is 22.2. The fraction of sp³-hybridized carbons (Fsp3) is 0.680. The molecular formula is C25H40N4O2.